The molecule has 0 N–H and O–H groups in total. The second-order valence-electron chi connectivity index (χ2n) is 8.67. The largest absolute Gasteiger partial charge is 0.419 e. The van der Waals surface area contributed by atoms with Gasteiger partial charge in [0, 0.05) is 45.7 Å². The minimum Gasteiger partial charge on any atom is -0.408 e. The van der Waals surface area contributed by atoms with E-state index < -0.39 is 15.8 Å². The van der Waals surface area contributed by atoms with E-state index >= 15 is 0 Å². The lowest BCUT2D eigenvalue weighted by Gasteiger charge is -2.34. The van der Waals surface area contributed by atoms with Crippen molar-refractivity contribution in [1.82, 2.24) is 13.8 Å². The van der Waals surface area contributed by atoms with E-state index in [0.717, 1.165) is 25.9 Å². The summed E-state index contributed by atoms with van der Waals surface area (Å²) in [5, 5.41) is 0. The molecule has 0 aliphatic carbocycles. The molecule has 3 heterocycles. The fourth-order valence-corrected chi connectivity index (χ4v) is 5.90. The monoisotopic (exact) mass is 435 g/mol. The molecule has 2 aromatic rings. The molecule has 164 valence electrons. The number of piperidine rings is 2. The van der Waals surface area contributed by atoms with Crippen LogP contribution < -0.4 is 5.76 Å². The van der Waals surface area contributed by atoms with Crippen LogP contribution in [0.1, 0.15) is 39.0 Å². The van der Waals surface area contributed by atoms with Crippen molar-refractivity contribution in [3.8, 4) is 0 Å². The number of fused-ring (bicyclic) bond motifs is 1. The van der Waals surface area contributed by atoms with Gasteiger partial charge in [-0.25, -0.2) is 13.2 Å². The van der Waals surface area contributed by atoms with Crippen LogP contribution in [-0.2, 0) is 21.9 Å². The maximum absolute atomic E-state index is 13.1. The summed E-state index contributed by atoms with van der Waals surface area (Å²) in [6.07, 6.45) is 3.99. The smallest absolute Gasteiger partial charge is 0.408 e. The Balaban J connectivity index is 1.38. The minimum atomic E-state index is -3.67. The van der Waals surface area contributed by atoms with Crippen molar-refractivity contribution in [3.05, 3.63) is 28.7 Å². The summed E-state index contributed by atoms with van der Waals surface area (Å²) in [6.45, 7) is 4.69. The number of rotatable bonds is 4. The van der Waals surface area contributed by atoms with Crippen LogP contribution in [0.2, 0.25) is 0 Å². The summed E-state index contributed by atoms with van der Waals surface area (Å²) in [5.74, 6) is 0.588. The second kappa shape index (κ2) is 8.19. The second-order valence-corrected chi connectivity index (χ2v) is 10.6. The average Bonchev–Trinajstić information content (AvgIpc) is 3.02. The van der Waals surface area contributed by atoms with Crippen LogP contribution in [0.15, 0.2) is 32.3 Å². The fourth-order valence-electron chi connectivity index (χ4n) is 4.41. The number of carbonyl (C=O) groups is 1. The summed E-state index contributed by atoms with van der Waals surface area (Å²) in [4.78, 5) is 26.3. The van der Waals surface area contributed by atoms with Gasteiger partial charge in [-0.1, -0.05) is 6.92 Å². The van der Waals surface area contributed by atoms with Gasteiger partial charge in [0.25, 0.3) is 0 Å². The van der Waals surface area contributed by atoms with Gasteiger partial charge in [0.1, 0.15) is 0 Å². The summed E-state index contributed by atoms with van der Waals surface area (Å²) in [6, 6.07) is 4.52. The highest BCUT2D eigenvalue weighted by molar-refractivity contribution is 7.89. The van der Waals surface area contributed by atoms with Crippen molar-refractivity contribution in [2.75, 3.05) is 26.2 Å². The quantitative estimate of drug-likeness (QED) is 0.734. The Morgan fingerprint density at radius 1 is 1.10 bits per heavy atom. The number of likely N-dealkylation sites (tertiary alicyclic amines) is 1. The number of oxazole rings is 1. The number of hydrogen-bond donors (Lipinski definition) is 0. The Hall–Kier alpha value is -2.13. The molecule has 0 saturated carbocycles. The molecule has 0 bridgehead atoms. The summed E-state index contributed by atoms with van der Waals surface area (Å²) >= 11 is 0. The van der Waals surface area contributed by atoms with Crippen molar-refractivity contribution >= 4 is 27.0 Å². The molecule has 9 heteroatoms. The third-order valence-electron chi connectivity index (χ3n) is 6.57. The molecule has 1 amide bonds. The Labute approximate surface area is 176 Å². The van der Waals surface area contributed by atoms with Gasteiger partial charge in [0.15, 0.2) is 5.58 Å². The highest BCUT2D eigenvalue weighted by Gasteiger charge is 2.32. The number of benzene rings is 1. The molecule has 0 atom stereocenters. The zero-order valence-electron chi connectivity index (χ0n) is 17.5. The number of hydrogen-bond acceptors (Lipinski definition) is 5. The number of sulfonamides is 1. The lowest BCUT2D eigenvalue weighted by molar-refractivity contribution is -0.133. The number of carbonyl (C=O) groups excluding carboxylic acids is 1. The Kier molecular flexibility index (Phi) is 5.76. The van der Waals surface area contributed by atoms with Crippen LogP contribution in [0, 0.1) is 11.8 Å². The van der Waals surface area contributed by atoms with Crippen molar-refractivity contribution in [3.63, 3.8) is 0 Å². The van der Waals surface area contributed by atoms with E-state index in [0.29, 0.717) is 43.8 Å². The first-order valence-electron chi connectivity index (χ1n) is 10.6. The van der Waals surface area contributed by atoms with E-state index in [1.807, 2.05) is 4.90 Å². The third kappa shape index (κ3) is 4.05. The van der Waals surface area contributed by atoms with Crippen molar-refractivity contribution in [2.24, 2.45) is 18.9 Å². The molecule has 2 aliphatic rings. The van der Waals surface area contributed by atoms with Crippen LogP contribution >= 0.6 is 0 Å². The van der Waals surface area contributed by atoms with Gasteiger partial charge in [-0.2, -0.15) is 4.31 Å². The normalized spacial score (nSPS) is 20.1. The Morgan fingerprint density at radius 3 is 2.43 bits per heavy atom. The first-order chi connectivity index (χ1) is 14.3. The number of aryl methyl sites for hydroxylation is 1. The molecule has 1 aromatic carbocycles. The van der Waals surface area contributed by atoms with Gasteiger partial charge in [-0.05, 0) is 49.7 Å². The van der Waals surface area contributed by atoms with Crippen LogP contribution in [0.3, 0.4) is 0 Å². The van der Waals surface area contributed by atoms with Crippen LogP contribution in [0.5, 0.6) is 0 Å². The third-order valence-corrected chi connectivity index (χ3v) is 8.47. The van der Waals surface area contributed by atoms with E-state index in [4.69, 9.17) is 4.42 Å². The molecule has 2 saturated heterocycles. The Morgan fingerprint density at radius 2 is 1.77 bits per heavy atom. The zero-order valence-corrected chi connectivity index (χ0v) is 18.4. The fraction of sp³-hybridized carbons (Fsp3) is 0.619. The lowest BCUT2D eigenvalue weighted by atomic mass is 9.93. The summed E-state index contributed by atoms with van der Waals surface area (Å²) in [7, 11) is -2.09. The Bertz CT molecular complexity index is 1090. The maximum atomic E-state index is 13.1. The van der Waals surface area contributed by atoms with Crippen molar-refractivity contribution in [1.29, 1.82) is 0 Å². The molecular weight excluding hydrogens is 406 g/mol. The van der Waals surface area contributed by atoms with E-state index in [9.17, 15) is 18.0 Å². The van der Waals surface area contributed by atoms with E-state index in [-0.39, 0.29) is 22.3 Å². The molecule has 1 aromatic heterocycles. The molecule has 0 spiro atoms. The van der Waals surface area contributed by atoms with Gasteiger partial charge in [0.2, 0.25) is 15.9 Å². The molecule has 8 nitrogen and oxygen atoms in total. The maximum Gasteiger partial charge on any atom is 0.419 e. The van der Waals surface area contributed by atoms with Crippen molar-refractivity contribution in [2.45, 2.75) is 43.9 Å². The van der Waals surface area contributed by atoms with Gasteiger partial charge in [-0.15, -0.1) is 0 Å². The molecule has 2 aliphatic heterocycles. The number of aromatic nitrogens is 1. The molecule has 30 heavy (non-hydrogen) atoms. The van der Waals surface area contributed by atoms with E-state index in [1.54, 1.807) is 13.1 Å². The average molecular weight is 436 g/mol. The van der Waals surface area contributed by atoms with Crippen LogP contribution in [-0.4, -0.2) is 54.3 Å². The molecular formula is C21H29N3O5S. The van der Waals surface area contributed by atoms with Gasteiger partial charge < -0.3 is 9.32 Å². The topological polar surface area (TPSA) is 92.8 Å². The molecule has 4 rings (SSSR count). The van der Waals surface area contributed by atoms with Gasteiger partial charge in [0.05, 0.1) is 10.4 Å². The highest BCUT2D eigenvalue weighted by Crippen LogP contribution is 2.28. The molecule has 2 fully saturated rings. The molecule has 0 radical (unpaired) electrons. The lowest BCUT2D eigenvalue weighted by Crippen LogP contribution is -2.42. The first kappa shape index (κ1) is 21.1. The van der Waals surface area contributed by atoms with Gasteiger partial charge in [-0.3, -0.25) is 9.36 Å². The van der Waals surface area contributed by atoms with E-state index in [1.165, 1.54) is 21.0 Å². The van der Waals surface area contributed by atoms with E-state index in [2.05, 4.69) is 6.92 Å². The predicted octanol–water partition coefficient (Wildman–Crippen LogP) is 2.18. The first-order valence-corrected chi connectivity index (χ1v) is 12.1. The standard InChI is InChI=1S/C21H29N3O5S/c1-15-5-9-23(10-6-15)20(25)13-16-7-11-24(12-8-16)30(27,28)17-3-4-18-19(14-17)29-21(26)22(18)2/h3-4,14-16H,5-13H2,1-2H3. The predicted molar refractivity (Wildman–Crippen MR) is 113 cm³/mol. The summed E-state index contributed by atoms with van der Waals surface area (Å²) in [5.41, 5.74) is 0.822. The van der Waals surface area contributed by atoms with Crippen LogP contribution in [0.4, 0.5) is 0 Å². The molecule has 0 unspecified atom stereocenters. The SMILES string of the molecule is CC1CCN(C(=O)CC2CCN(S(=O)(=O)c3ccc4c(c3)oc(=O)n4C)CC2)CC1. The number of amides is 1. The highest BCUT2D eigenvalue weighted by atomic mass is 32.2. The zero-order chi connectivity index (χ0) is 21.5. The minimum absolute atomic E-state index is 0.126. The number of nitrogens with zero attached hydrogens (tertiary/aromatic N) is 3. The van der Waals surface area contributed by atoms with Gasteiger partial charge >= 0.3 is 5.76 Å². The van der Waals surface area contributed by atoms with Crippen LogP contribution in [0.25, 0.3) is 11.1 Å². The summed E-state index contributed by atoms with van der Waals surface area (Å²) < 4.78 is 34.1. The van der Waals surface area contributed by atoms with Crippen molar-refractivity contribution < 1.29 is 17.6 Å².